The molecule has 10 aromatic rings. The van der Waals surface area contributed by atoms with Gasteiger partial charge in [0.25, 0.3) is 0 Å². The van der Waals surface area contributed by atoms with Crippen molar-refractivity contribution in [2.45, 2.75) is 32.8 Å². The highest BCUT2D eigenvalue weighted by Gasteiger charge is 2.20. The van der Waals surface area contributed by atoms with Crippen LogP contribution in [0.2, 0.25) is 0 Å². The van der Waals surface area contributed by atoms with Crippen molar-refractivity contribution in [3.05, 3.63) is 241 Å². The molecule has 0 aliphatic heterocycles. The molecule has 0 bridgehead atoms. The summed E-state index contributed by atoms with van der Waals surface area (Å²) in [6, 6.07) is 63.2. The van der Waals surface area contributed by atoms with Crippen molar-refractivity contribution < 1.29 is 24.3 Å². The van der Waals surface area contributed by atoms with Gasteiger partial charge in [0.2, 0.25) is 6.33 Å². The average Bonchev–Trinajstić information content (AvgIpc) is 3.98. The Balaban J connectivity index is 1.05. The minimum absolute atomic E-state index is 0.0293. The number of hydrogen-bond donors (Lipinski definition) is 2. The van der Waals surface area contributed by atoms with E-state index in [4.69, 9.17) is 9.47 Å². The Morgan fingerprint density at radius 3 is 1.33 bits per heavy atom. The Hall–Kier alpha value is -8.37. The third kappa shape index (κ3) is 9.47. The van der Waals surface area contributed by atoms with Crippen LogP contribution in [0, 0.1) is 0 Å². The summed E-state index contributed by atoms with van der Waals surface area (Å²) < 4.78 is 18.0. The van der Waals surface area contributed by atoms with Gasteiger partial charge >= 0.3 is 0 Å². The van der Waals surface area contributed by atoms with E-state index in [9.17, 15) is 10.2 Å². The molecule has 2 aromatic heterocycles. The summed E-state index contributed by atoms with van der Waals surface area (Å²) in [5.41, 5.74) is 14.6. The maximum atomic E-state index is 9.92. The highest BCUT2D eigenvalue weighted by Crippen LogP contribution is 2.43. The van der Waals surface area contributed by atoms with Crippen LogP contribution < -0.4 is 23.8 Å². The topological polar surface area (TPSA) is 79.1 Å². The lowest BCUT2D eigenvalue weighted by atomic mass is 10.1. The van der Waals surface area contributed by atoms with E-state index in [1.807, 2.05) is 54.6 Å². The van der Waals surface area contributed by atoms with Crippen LogP contribution in [0.5, 0.6) is 11.5 Å². The Kier molecular flexibility index (Phi) is 12.8. The fraction of sp³-hybridized carbons (Fsp3) is 0.117. The van der Waals surface area contributed by atoms with Gasteiger partial charge in [0.1, 0.15) is 37.0 Å². The van der Waals surface area contributed by atoms with Crippen LogP contribution in [0.3, 0.4) is 0 Å². The van der Waals surface area contributed by atoms with Gasteiger partial charge in [0.15, 0.2) is 0 Å². The van der Waals surface area contributed by atoms with Crippen LogP contribution in [0.4, 0.5) is 34.1 Å². The van der Waals surface area contributed by atoms with Crippen molar-refractivity contribution in [1.29, 1.82) is 0 Å². The molecule has 9 nitrogen and oxygen atoms in total. The number of anilines is 6. The van der Waals surface area contributed by atoms with Crippen LogP contribution in [0.25, 0.3) is 27.9 Å². The van der Waals surface area contributed by atoms with Crippen LogP contribution in [0.15, 0.2) is 207 Å². The van der Waals surface area contributed by atoms with E-state index in [2.05, 4.69) is 182 Å². The first-order valence-electron chi connectivity index (χ1n) is 23.1. The van der Waals surface area contributed by atoms with E-state index in [0.29, 0.717) is 6.54 Å². The van der Waals surface area contributed by atoms with Gasteiger partial charge in [-0.25, -0.2) is 9.13 Å². The number of aromatic nitrogens is 3. The zero-order chi connectivity index (χ0) is 47.3. The number of rotatable bonds is 17. The number of hydrogen-bond acceptors (Lipinski definition) is 6. The third-order valence-corrected chi connectivity index (χ3v) is 12.8. The number of methoxy groups -OCH3 is 2. The maximum Gasteiger partial charge on any atom is 0.244 e. The molecule has 342 valence electrons. The van der Waals surface area contributed by atoms with E-state index >= 15 is 0 Å². The summed E-state index contributed by atoms with van der Waals surface area (Å²) in [6.45, 7) is 6.06. The van der Waals surface area contributed by atoms with Crippen LogP contribution >= 0.6 is 0 Å². The standard InChI is InChI=1S/C60H54N5O4/c1-4-43-5-7-44(8-6-43)37-61-33-34-62(42-61)38-45-9-11-46(12-10-45)39-63-59-31-25-53(64(49-17-13-47(40-66)14-18-49)51-21-27-55(68-2)28-22-51)35-57(59)58-36-54(26-32-60(58)63)65(50-19-15-48(41-67)16-20-50)52-23-29-56(69-3)30-24-52/h4-36,42,66-67H,1,37-41H2,2-3H3/q+1. The molecule has 0 spiro atoms. The smallest absolute Gasteiger partial charge is 0.244 e. The van der Waals surface area contributed by atoms with Crippen LogP contribution in [-0.2, 0) is 32.8 Å². The molecule has 2 N–H and O–H groups in total. The number of fused-ring (bicyclic) bond motifs is 3. The molecular weight excluding hydrogens is 855 g/mol. The summed E-state index contributed by atoms with van der Waals surface area (Å²) >= 11 is 0. The Bertz CT molecular complexity index is 3090. The lowest BCUT2D eigenvalue weighted by Gasteiger charge is -2.26. The molecule has 0 aliphatic rings. The summed E-state index contributed by atoms with van der Waals surface area (Å²) in [6.07, 6.45) is 8.29. The van der Waals surface area contributed by atoms with E-state index in [1.54, 1.807) is 14.2 Å². The van der Waals surface area contributed by atoms with Crippen molar-refractivity contribution in [2.75, 3.05) is 24.0 Å². The SMILES string of the molecule is C=Cc1ccc(C[n+]2ccn(Cc3ccc(Cn4c5ccc(N(c6ccc(CO)cc6)c6ccc(OC)cc6)cc5c5cc(N(c6ccc(CO)cc6)c6ccc(OC)cc6)ccc54)cc3)c2)cc1. The monoisotopic (exact) mass is 908 g/mol. The van der Waals surface area contributed by atoms with Crippen molar-refractivity contribution in [1.82, 2.24) is 9.13 Å². The lowest BCUT2D eigenvalue weighted by molar-refractivity contribution is -0.687. The summed E-state index contributed by atoms with van der Waals surface area (Å²) in [5.74, 6) is 1.56. The fourth-order valence-electron chi connectivity index (χ4n) is 9.13. The van der Waals surface area contributed by atoms with Gasteiger partial charge in [0, 0.05) is 62.5 Å². The van der Waals surface area contributed by atoms with E-state index in [1.165, 1.54) is 16.7 Å². The molecule has 0 atom stereocenters. The molecule has 69 heavy (non-hydrogen) atoms. The molecule has 10 rings (SSSR count). The molecule has 0 radical (unpaired) electrons. The number of ether oxygens (including phenoxy) is 2. The van der Waals surface area contributed by atoms with Gasteiger partial charge in [0.05, 0.1) is 27.4 Å². The minimum atomic E-state index is -0.0293. The van der Waals surface area contributed by atoms with E-state index < -0.39 is 0 Å². The van der Waals surface area contributed by atoms with Crippen LogP contribution in [-0.4, -0.2) is 33.6 Å². The molecule has 0 unspecified atom stereocenters. The normalized spacial score (nSPS) is 11.2. The largest absolute Gasteiger partial charge is 0.497 e. The molecule has 9 heteroatoms. The number of benzene rings is 8. The maximum absolute atomic E-state index is 9.92. The Morgan fingerprint density at radius 2 is 0.899 bits per heavy atom. The number of nitrogens with zero attached hydrogens (tertiary/aromatic N) is 5. The first-order valence-corrected chi connectivity index (χ1v) is 23.1. The quantitative estimate of drug-likeness (QED) is 0.0886. The van der Waals surface area contributed by atoms with Crippen LogP contribution in [0.1, 0.15) is 33.4 Å². The predicted octanol–water partition coefficient (Wildman–Crippen LogP) is 12.6. The van der Waals surface area contributed by atoms with Crippen molar-refractivity contribution in [3.8, 4) is 11.5 Å². The lowest BCUT2D eigenvalue weighted by Crippen LogP contribution is -2.31. The second-order valence-corrected chi connectivity index (χ2v) is 17.2. The third-order valence-electron chi connectivity index (χ3n) is 12.8. The van der Waals surface area contributed by atoms with Gasteiger partial charge in [-0.3, -0.25) is 0 Å². The first-order chi connectivity index (χ1) is 33.9. The Labute approximate surface area is 402 Å². The highest BCUT2D eigenvalue weighted by atomic mass is 16.5. The number of aliphatic hydroxyl groups is 2. The van der Waals surface area contributed by atoms with Gasteiger partial charge in [-0.2, -0.15) is 0 Å². The van der Waals surface area contributed by atoms with Gasteiger partial charge in [-0.15, -0.1) is 0 Å². The molecule has 2 heterocycles. The summed E-state index contributed by atoms with van der Waals surface area (Å²) in [7, 11) is 3.36. The first kappa shape index (κ1) is 44.5. The minimum Gasteiger partial charge on any atom is -0.497 e. The molecule has 0 saturated heterocycles. The number of aliphatic hydroxyl groups excluding tert-OH is 2. The van der Waals surface area contributed by atoms with Gasteiger partial charge < -0.3 is 34.1 Å². The van der Waals surface area contributed by atoms with E-state index in [-0.39, 0.29) is 13.2 Å². The predicted molar refractivity (Wildman–Crippen MR) is 279 cm³/mol. The van der Waals surface area contributed by atoms with Gasteiger partial charge in [-0.05, 0) is 143 Å². The van der Waals surface area contributed by atoms with Crippen molar-refractivity contribution in [3.63, 3.8) is 0 Å². The molecule has 0 aliphatic carbocycles. The average molecular weight is 909 g/mol. The summed E-state index contributed by atoms with van der Waals surface area (Å²) in [4.78, 5) is 4.48. The molecule has 8 aromatic carbocycles. The molecule has 0 amide bonds. The van der Waals surface area contributed by atoms with Gasteiger partial charge in [-0.1, -0.05) is 85.5 Å². The second-order valence-electron chi connectivity index (χ2n) is 17.2. The number of imidazole rings is 1. The fourth-order valence-corrected chi connectivity index (χ4v) is 9.13. The Morgan fingerprint density at radius 1 is 0.493 bits per heavy atom. The molecule has 0 fully saturated rings. The zero-order valence-corrected chi connectivity index (χ0v) is 38.8. The van der Waals surface area contributed by atoms with Crippen molar-refractivity contribution >= 4 is 62.0 Å². The molecule has 0 saturated carbocycles. The highest BCUT2D eigenvalue weighted by molar-refractivity contribution is 6.11. The summed E-state index contributed by atoms with van der Waals surface area (Å²) in [5, 5.41) is 22.0. The second kappa shape index (κ2) is 19.8. The van der Waals surface area contributed by atoms with E-state index in [0.717, 1.165) is 97.2 Å². The zero-order valence-electron chi connectivity index (χ0n) is 38.8. The van der Waals surface area contributed by atoms with Crippen molar-refractivity contribution in [2.24, 2.45) is 0 Å². The molecular formula is C60H54N5O4+.